The average molecular weight is 154 g/mol. The maximum atomic E-state index is 9.91. The zero-order valence-electron chi connectivity index (χ0n) is 7.67. The second kappa shape index (κ2) is 2.01. The Morgan fingerprint density at radius 2 is 1.73 bits per heavy atom. The van der Waals surface area contributed by atoms with Crippen molar-refractivity contribution >= 4 is 0 Å². The number of fused-ring (bicyclic) bond motifs is 1. The van der Waals surface area contributed by atoms with Crippen LogP contribution >= 0.6 is 0 Å². The van der Waals surface area contributed by atoms with Crippen molar-refractivity contribution in [2.75, 3.05) is 0 Å². The van der Waals surface area contributed by atoms with Crippen molar-refractivity contribution in [3.05, 3.63) is 0 Å². The van der Waals surface area contributed by atoms with Gasteiger partial charge in [-0.1, -0.05) is 20.8 Å². The van der Waals surface area contributed by atoms with Crippen LogP contribution in [0.15, 0.2) is 0 Å². The molecule has 1 nitrogen and oxygen atoms in total. The summed E-state index contributed by atoms with van der Waals surface area (Å²) in [4.78, 5) is 0. The zero-order chi connectivity index (χ0) is 8.22. The van der Waals surface area contributed by atoms with Crippen LogP contribution in [0.5, 0.6) is 0 Å². The van der Waals surface area contributed by atoms with Crippen molar-refractivity contribution in [1.29, 1.82) is 0 Å². The molecule has 64 valence electrons. The summed E-state index contributed by atoms with van der Waals surface area (Å²) in [5.41, 5.74) is -0.231. The van der Waals surface area contributed by atoms with Crippen LogP contribution in [-0.2, 0) is 0 Å². The summed E-state index contributed by atoms with van der Waals surface area (Å²) in [7, 11) is 0. The van der Waals surface area contributed by atoms with E-state index < -0.39 is 0 Å². The van der Waals surface area contributed by atoms with Crippen LogP contribution in [0.2, 0.25) is 0 Å². The molecule has 0 saturated heterocycles. The van der Waals surface area contributed by atoms with Crippen LogP contribution in [0, 0.1) is 23.7 Å². The second-order valence-electron chi connectivity index (χ2n) is 4.81. The number of aliphatic hydroxyl groups is 1. The van der Waals surface area contributed by atoms with Gasteiger partial charge < -0.3 is 5.11 Å². The molecule has 2 aliphatic carbocycles. The third-order valence-electron chi connectivity index (χ3n) is 4.14. The number of hydrogen-bond acceptors (Lipinski definition) is 1. The fourth-order valence-corrected chi connectivity index (χ4v) is 2.86. The molecule has 0 amide bonds. The van der Waals surface area contributed by atoms with Gasteiger partial charge in [-0.25, -0.2) is 0 Å². The molecule has 11 heavy (non-hydrogen) atoms. The predicted octanol–water partition coefficient (Wildman–Crippen LogP) is 2.05. The largest absolute Gasteiger partial charge is 0.390 e. The van der Waals surface area contributed by atoms with E-state index in [0.717, 1.165) is 24.7 Å². The molecule has 2 saturated carbocycles. The topological polar surface area (TPSA) is 20.2 Å². The normalized spacial score (nSPS) is 62.2. The summed E-state index contributed by atoms with van der Waals surface area (Å²) >= 11 is 0. The minimum absolute atomic E-state index is 0.231. The lowest BCUT2D eigenvalue weighted by Gasteiger charge is -2.34. The molecule has 0 aromatic rings. The minimum atomic E-state index is -0.231. The molecule has 0 aromatic carbocycles. The molecular weight excluding hydrogens is 136 g/mol. The van der Waals surface area contributed by atoms with Gasteiger partial charge in [0.15, 0.2) is 0 Å². The van der Waals surface area contributed by atoms with Crippen LogP contribution in [0.1, 0.15) is 33.6 Å². The molecule has 2 rings (SSSR count). The van der Waals surface area contributed by atoms with Gasteiger partial charge in [0.05, 0.1) is 5.60 Å². The highest BCUT2D eigenvalue weighted by molar-refractivity contribution is 5.10. The summed E-state index contributed by atoms with van der Waals surface area (Å²) in [6.07, 6.45) is 2.12. The van der Waals surface area contributed by atoms with Crippen LogP contribution < -0.4 is 0 Å². The van der Waals surface area contributed by atoms with Gasteiger partial charge >= 0.3 is 0 Å². The van der Waals surface area contributed by atoms with Crippen LogP contribution in [0.25, 0.3) is 0 Å². The first-order valence-electron chi connectivity index (χ1n) is 4.77. The monoisotopic (exact) mass is 154 g/mol. The van der Waals surface area contributed by atoms with Crippen molar-refractivity contribution in [2.45, 2.75) is 39.2 Å². The van der Waals surface area contributed by atoms with E-state index in [1.165, 1.54) is 0 Å². The molecule has 5 atom stereocenters. The molecule has 1 heteroatoms. The molecule has 0 aromatic heterocycles. The first-order valence-corrected chi connectivity index (χ1v) is 4.77. The van der Waals surface area contributed by atoms with Crippen molar-refractivity contribution in [3.8, 4) is 0 Å². The molecule has 0 radical (unpaired) electrons. The van der Waals surface area contributed by atoms with E-state index in [1.54, 1.807) is 0 Å². The van der Waals surface area contributed by atoms with Gasteiger partial charge in [0.25, 0.3) is 0 Å². The summed E-state index contributed by atoms with van der Waals surface area (Å²) in [5, 5.41) is 9.91. The summed E-state index contributed by atoms with van der Waals surface area (Å²) in [5.74, 6) is 2.90. The molecular formula is C10H18O. The second-order valence-corrected chi connectivity index (χ2v) is 4.81. The molecule has 1 N–H and O–H groups in total. The van der Waals surface area contributed by atoms with Crippen molar-refractivity contribution < 1.29 is 5.11 Å². The van der Waals surface area contributed by atoms with Gasteiger partial charge in [-0.15, -0.1) is 0 Å². The van der Waals surface area contributed by atoms with E-state index in [2.05, 4.69) is 20.8 Å². The van der Waals surface area contributed by atoms with Crippen molar-refractivity contribution in [2.24, 2.45) is 23.7 Å². The Morgan fingerprint density at radius 1 is 1.09 bits per heavy atom. The molecule has 5 unspecified atom stereocenters. The van der Waals surface area contributed by atoms with Gasteiger partial charge in [0.1, 0.15) is 0 Å². The first-order chi connectivity index (χ1) is 5.04. The standard InChI is InChI=1S/C10H18O/c1-6-4-10(11)5-9(10)8(3)7(6)2/h6-9,11H,4-5H2,1-3H3. The Kier molecular flexibility index (Phi) is 1.39. The van der Waals surface area contributed by atoms with Crippen molar-refractivity contribution in [3.63, 3.8) is 0 Å². The van der Waals surface area contributed by atoms with E-state index in [9.17, 15) is 5.11 Å². The highest BCUT2D eigenvalue weighted by atomic mass is 16.3. The summed E-state index contributed by atoms with van der Waals surface area (Å²) in [6.45, 7) is 6.89. The third kappa shape index (κ3) is 0.936. The Hall–Kier alpha value is -0.0400. The van der Waals surface area contributed by atoms with Gasteiger partial charge in [-0.2, -0.15) is 0 Å². The van der Waals surface area contributed by atoms with Gasteiger partial charge in [-0.3, -0.25) is 0 Å². The van der Waals surface area contributed by atoms with E-state index in [-0.39, 0.29) is 5.60 Å². The molecule has 2 aliphatic rings. The van der Waals surface area contributed by atoms with E-state index in [4.69, 9.17) is 0 Å². The Labute approximate surface area is 68.8 Å². The van der Waals surface area contributed by atoms with Crippen LogP contribution in [0.3, 0.4) is 0 Å². The molecule has 2 fully saturated rings. The third-order valence-corrected chi connectivity index (χ3v) is 4.14. The quantitative estimate of drug-likeness (QED) is 0.566. The first kappa shape index (κ1) is 7.60. The van der Waals surface area contributed by atoms with E-state index in [0.29, 0.717) is 11.8 Å². The highest BCUT2D eigenvalue weighted by Gasteiger charge is 2.60. The Bertz CT molecular complexity index is 176. The summed E-state index contributed by atoms with van der Waals surface area (Å²) in [6, 6.07) is 0. The van der Waals surface area contributed by atoms with Crippen molar-refractivity contribution in [1.82, 2.24) is 0 Å². The Morgan fingerprint density at radius 3 is 2.36 bits per heavy atom. The molecule has 0 bridgehead atoms. The summed E-state index contributed by atoms with van der Waals surface area (Å²) < 4.78 is 0. The minimum Gasteiger partial charge on any atom is -0.390 e. The zero-order valence-corrected chi connectivity index (χ0v) is 7.67. The predicted molar refractivity (Wildman–Crippen MR) is 45.2 cm³/mol. The van der Waals surface area contributed by atoms with Gasteiger partial charge in [-0.05, 0) is 36.5 Å². The van der Waals surface area contributed by atoms with E-state index >= 15 is 0 Å². The highest BCUT2D eigenvalue weighted by Crippen LogP contribution is 2.59. The fourth-order valence-electron chi connectivity index (χ4n) is 2.86. The lowest BCUT2D eigenvalue weighted by atomic mass is 9.73. The van der Waals surface area contributed by atoms with Crippen LogP contribution in [-0.4, -0.2) is 10.7 Å². The lowest BCUT2D eigenvalue weighted by Crippen LogP contribution is -2.32. The molecule has 0 aliphatic heterocycles. The smallest absolute Gasteiger partial charge is 0.0686 e. The molecule has 0 spiro atoms. The average Bonchev–Trinajstić information content (AvgIpc) is 2.57. The number of hydrogen-bond donors (Lipinski definition) is 1. The van der Waals surface area contributed by atoms with Gasteiger partial charge in [0.2, 0.25) is 0 Å². The fraction of sp³-hybridized carbons (Fsp3) is 1.00. The maximum absolute atomic E-state index is 9.91. The maximum Gasteiger partial charge on any atom is 0.0686 e. The Balaban J connectivity index is 2.14. The van der Waals surface area contributed by atoms with Crippen LogP contribution in [0.4, 0.5) is 0 Å². The van der Waals surface area contributed by atoms with Gasteiger partial charge in [0, 0.05) is 0 Å². The SMILES string of the molecule is CC1CC2(O)CC2C(C)C1C. The molecule has 0 heterocycles. The number of rotatable bonds is 0. The van der Waals surface area contributed by atoms with E-state index in [1.807, 2.05) is 0 Å². The lowest BCUT2D eigenvalue weighted by molar-refractivity contribution is 0.0318.